The van der Waals surface area contributed by atoms with Crippen molar-refractivity contribution in [2.75, 3.05) is 0 Å². The van der Waals surface area contributed by atoms with Crippen LogP contribution in [0.5, 0.6) is 0 Å². The van der Waals surface area contributed by atoms with Gasteiger partial charge in [0.15, 0.2) is 5.78 Å². The van der Waals surface area contributed by atoms with Crippen molar-refractivity contribution in [1.82, 2.24) is 0 Å². The number of rotatable bonds is 4. The summed E-state index contributed by atoms with van der Waals surface area (Å²) < 4.78 is 1.16. The number of carbonyl (C=O) groups excluding carboxylic acids is 1. The summed E-state index contributed by atoms with van der Waals surface area (Å²) in [5, 5.41) is 1.92. The van der Waals surface area contributed by atoms with Crippen molar-refractivity contribution in [2.45, 2.75) is 19.8 Å². The van der Waals surface area contributed by atoms with Gasteiger partial charge in [0.2, 0.25) is 0 Å². The number of thiophene rings is 1. The van der Waals surface area contributed by atoms with Crippen molar-refractivity contribution in [3.63, 3.8) is 0 Å². The molecule has 1 heterocycles. The quantitative estimate of drug-likeness (QED) is 0.468. The SMILES string of the molecule is C=C(C)CCC(=O)c1csc(I)c1. The predicted molar refractivity (Wildman–Crippen MR) is 65.4 cm³/mol. The van der Waals surface area contributed by atoms with Crippen molar-refractivity contribution in [2.24, 2.45) is 0 Å². The third-order valence-electron chi connectivity index (χ3n) is 1.67. The minimum absolute atomic E-state index is 0.224. The van der Waals surface area contributed by atoms with Crippen LogP contribution in [-0.4, -0.2) is 5.78 Å². The number of hydrogen-bond donors (Lipinski definition) is 0. The summed E-state index contributed by atoms with van der Waals surface area (Å²) in [4.78, 5) is 11.5. The fourth-order valence-electron chi connectivity index (χ4n) is 0.928. The first kappa shape index (κ1) is 10.9. The van der Waals surface area contributed by atoms with Crippen LogP contribution in [0, 0.1) is 2.88 Å². The molecule has 0 bridgehead atoms. The van der Waals surface area contributed by atoms with Crippen LogP contribution in [0.3, 0.4) is 0 Å². The molecule has 0 saturated heterocycles. The van der Waals surface area contributed by atoms with Crippen LogP contribution in [0.15, 0.2) is 23.6 Å². The molecule has 0 aliphatic carbocycles. The van der Waals surface area contributed by atoms with E-state index in [4.69, 9.17) is 0 Å². The van der Waals surface area contributed by atoms with Crippen LogP contribution in [0.2, 0.25) is 0 Å². The lowest BCUT2D eigenvalue weighted by Crippen LogP contribution is -1.96. The molecule has 13 heavy (non-hydrogen) atoms. The zero-order valence-corrected chi connectivity index (χ0v) is 10.4. The van der Waals surface area contributed by atoms with Gasteiger partial charge in [-0.25, -0.2) is 0 Å². The van der Waals surface area contributed by atoms with E-state index in [0.717, 1.165) is 20.4 Å². The molecule has 1 aromatic heterocycles. The molecule has 0 atom stereocenters. The molecule has 0 unspecified atom stereocenters. The minimum Gasteiger partial charge on any atom is -0.294 e. The molecule has 3 heteroatoms. The van der Waals surface area contributed by atoms with Crippen molar-refractivity contribution in [1.29, 1.82) is 0 Å². The fraction of sp³-hybridized carbons (Fsp3) is 0.300. The second-order valence-corrected chi connectivity index (χ2v) is 5.83. The molecule has 1 nitrogen and oxygen atoms in total. The summed E-state index contributed by atoms with van der Waals surface area (Å²) in [6.45, 7) is 5.72. The lowest BCUT2D eigenvalue weighted by Gasteiger charge is -1.96. The summed E-state index contributed by atoms with van der Waals surface area (Å²) in [5.74, 6) is 0.224. The average molecular weight is 306 g/mol. The number of allylic oxidation sites excluding steroid dienone is 1. The lowest BCUT2D eigenvalue weighted by molar-refractivity contribution is 0.0983. The van der Waals surface area contributed by atoms with Crippen molar-refractivity contribution < 1.29 is 4.79 Å². The molecule has 1 rings (SSSR count). The molecule has 0 amide bonds. The first-order valence-corrected chi connectivity index (χ1v) is 5.97. The van der Waals surface area contributed by atoms with Gasteiger partial charge in [-0.05, 0) is 42.0 Å². The van der Waals surface area contributed by atoms with Crippen LogP contribution in [0.1, 0.15) is 30.1 Å². The highest BCUT2D eigenvalue weighted by molar-refractivity contribution is 14.1. The largest absolute Gasteiger partial charge is 0.294 e. The highest BCUT2D eigenvalue weighted by atomic mass is 127. The van der Waals surface area contributed by atoms with Crippen LogP contribution >= 0.6 is 33.9 Å². The Morgan fingerprint density at radius 1 is 1.62 bits per heavy atom. The maximum atomic E-state index is 11.5. The van der Waals surface area contributed by atoms with Gasteiger partial charge < -0.3 is 0 Å². The zero-order valence-electron chi connectivity index (χ0n) is 7.47. The van der Waals surface area contributed by atoms with Gasteiger partial charge in [-0.1, -0.05) is 5.57 Å². The van der Waals surface area contributed by atoms with E-state index in [1.807, 2.05) is 18.4 Å². The van der Waals surface area contributed by atoms with E-state index in [-0.39, 0.29) is 5.78 Å². The molecule has 1 aromatic rings. The highest BCUT2D eigenvalue weighted by Crippen LogP contribution is 2.18. The number of Topliss-reactive ketones (excluding diaryl/α,β-unsaturated/α-hetero) is 1. The number of hydrogen-bond acceptors (Lipinski definition) is 2. The van der Waals surface area contributed by atoms with Crippen molar-refractivity contribution >= 4 is 39.7 Å². The number of carbonyl (C=O) groups is 1. The Balaban J connectivity index is 2.54. The Morgan fingerprint density at radius 2 is 2.31 bits per heavy atom. The van der Waals surface area contributed by atoms with Gasteiger partial charge in [-0.2, -0.15) is 0 Å². The standard InChI is InChI=1S/C10H11IOS/c1-7(2)3-4-9(12)8-5-10(11)13-6-8/h5-6H,1,3-4H2,2H3. The predicted octanol–water partition coefficient (Wildman–Crippen LogP) is 3.89. The first-order valence-electron chi connectivity index (χ1n) is 4.01. The normalized spacial score (nSPS) is 10.0. The third kappa shape index (κ3) is 3.60. The lowest BCUT2D eigenvalue weighted by atomic mass is 10.1. The van der Waals surface area contributed by atoms with E-state index in [0.29, 0.717) is 6.42 Å². The van der Waals surface area contributed by atoms with Crippen molar-refractivity contribution in [3.05, 3.63) is 32.0 Å². The highest BCUT2D eigenvalue weighted by Gasteiger charge is 2.07. The Hall–Kier alpha value is -0.160. The van der Waals surface area contributed by atoms with E-state index in [1.54, 1.807) is 11.3 Å². The number of halogens is 1. The molecule has 0 radical (unpaired) electrons. The van der Waals surface area contributed by atoms with Gasteiger partial charge >= 0.3 is 0 Å². The van der Waals surface area contributed by atoms with Gasteiger partial charge in [0.1, 0.15) is 0 Å². The van der Waals surface area contributed by atoms with Crippen LogP contribution in [0.25, 0.3) is 0 Å². The Morgan fingerprint density at radius 3 is 2.77 bits per heavy atom. The van der Waals surface area contributed by atoms with Gasteiger partial charge in [0, 0.05) is 17.4 Å². The third-order valence-corrected chi connectivity index (χ3v) is 3.46. The Kier molecular flexibility index (Phi) is 4.12. The summed E-state index contributed by atoms with van der Waals surface area (Å²) >= 11 is 3.83. The zero-order chi connectivity index (χ0) is 9.84. The van der Waals surface area contributed by atoms with Gasteiger partial charge in [-0.15, -0.1) is 17.9 Å². The van der Waals surface area contributed by atoms with Gasteiger partial charge in [0.25, 0.3) is 0 Å². The molecule has 0 saturated carbocycles. The molecular weight excluding hydrogens is 295 g/mol. The van der Waals surface area contributed by atoms with Crippen LogP contribution in [0.4, 0.5) is 0 Å². The first-order chi connectivity index (χ1) is 6.09. The van der Waals surface area contributed by atoms with E-state index in [9.17, 15) is 4.79 Å². The summed E-state index contributed by atoms with van der Waals surface area (Å²) in [6, 6.07) is 1.94. The molecule has 0 fully saturated rings. The molecule has 0 aliphatic rings. The molecule has 0 spiro atoms. The van der Waals surface area contributed by atoms with Gasteiger partial charge in [0.05, 0.1) is 2.88 Å². The molecular formula is C10H11IOS. The van der Waals surface area contributed by atoms with Crippen LogP contribution < -0.4 is 0 Å². The molecule has 70 valence electrons. The van der Waals surface area contributed by atoms with E-state index < -0.39 is 0 Å². The minimum atomic E-state index is 0.224. The molecule has 0 aromatic carbocycles. The summed E-state index contributed by atoms with van der Waals surface area (Å²) in [6.07, 6.45) is 1.38. The maximum absolute atomic E-state index is 11.5. The van der Waals surface area contributed by atoms with Crippen LogP contribution in [-0.2, 0) is 0 Å². The van der Waals surface area contributed by atoms with Crippen molar-refractivity contribution in [3.8, 4) is 0 Å². The average Bonchev–Trinajstić information content (AvgIpc) is 2.47. The topological polar surface area (TPSA) is 17.1 Å². The monoisotopic (exact) mass is 306 g/mol. The Labute approximate surface area is 96.0 Å². The number of ketones is 1. The Bertz CT molecular complexity index is 327. The van der Waals surface area contributed by atoms with E-state index in [2.05, 4.69) is 29.2 Å². The second-order valence-electron chi connectivity index (χ2n) is 3.02. The summed E-state index contributed by atoms with van der Waals surface area (Å²) in [7, 11) is 0. The van der Waals surface area contributed by atoms with Gasteiger partial charge in [-0.3, -0.25) is 4.79 Å². The summed E-state index contributed by atoms with van der Waals surface area (Å²) in [5.41, 5.74) is 1.91. The molecule has 0 N–H and O–H groups in total. The maximum Gasteiger partial charge on any atom is 0.164 e. The van der Waals surface area contributed by atoms with E-state index in [1.165, 1.54) is 0 Å². The molecule has 0 aliphatic heterocycles. The fourth-order valence-corrected chi connectivity index (χ4v) is 2.28. The smallest absolute Gasteiger partial charge is 0.164 e. The second kappa shape index (κ2) is 4.91. The van der Waals surface area contributed by atoms with E-state index >= 15 is 0 Å².